The standard InChI is InChI=1S/C20H16F3N5O3/c21-20(22,23)31-11-5-10(6-11)16-27-28-17(30-16)18-8-19(18,9-18)26-15(29)14-7-24-12-3-1-2-4-13(12)25-14/h1-4,7,10-11H,5-6,8-9H2,(H,26,29). The molecule has 6 rings (SSSR count). The van der Waals surface area contributed by atoms with Gasteiger partial charge in [0.1, 0.15) is 5.69 Å². The first-order valence-corrected chi connectivity index (χ1v) is 9.90. The van der Waals surface area contributed by atoms with Crippen molar-refractivity contribution in [3.05, 3.63) is 47.9 Å². The van der Waals surface area contributed by atoms with Gasteiger partial charge in [-0.05, 0) is 37.8 Å². The average Bonchev–Trinajstić information content (AvgIpc) is 3.40. The maximum Gasteiger partial charge on any atom is 0.522 e. The van der Waals surface area contributed by atoms with Crippen LogP contribution in [-0.2, 0) is 10.2 Å². The summed E-state index contributed by atoms with van der Waals surface area (Å²) in [7, 11) is 0. The van der Waals surface area contributed by atoms with Gasteiger partial charge in [-0.25, -0.2) is 4.98 Å². The molecule has 3 fully saturated rings. The van der Waals surface area contributed by atoms with Gasteiger partial charge >= 0.3 is 6.36 Å². The molecule has 1 amide bonds. The van der Waals surface area contributed by atoms with E-state index in [2.05, 4.69) is 30.2 Å². The Morgan fingerprint density at radius 2 is 1.90 bits per heavy atom. The molecule has 31 heavy (non-hydrogen) atoms. The molecule has 3 aliphatic rings. The summed E-state index contributed by atoms with van der Waals surface area (Å²) in [5.74, 6) is 0.196. The normalized spacial score (nSPS) is 31.1. The largest absolute Gasteiger partial charge is 0.522 e. The highest BCUT2D eigenvalue weighted by Crippen LogP contribution is 2.78. The van der Waals surface area contributed by atoms with Crippen LogP contribution in [0.1, 0.15) is 53.9 Å². The number of halogens is 3. The minimum atomic E-state index is -4.64. The van der Waals surface area contributed by atoms with Crippen molar-refractivity contribution in [1.82, 2.24) is 25.5 Å². The molecule has 0 radical (unpaired) electrons. The second kappa shape index (κ2) is 6.00. The molecular formula is C20H16F3N5O3. The molecule has 0 spiro atoms. The average molecular weight is 431 g/mol. The van der Waals surface area contributed by atoms with E-state index in [4.69, 9.17) is 4.42 Å². The lowest BCUT2D eigenvalue weighted by molar-refractivity contribution is -0.352. The maximum absolute atomic E-state index is 12.7. The van der Waals surface area contributed by atoms with E-state index in [9.17, 15) is 18.0 Å². The number of carbonyl (C=O) groups is 1. The van der Waals surface area contributed by atoms with Crippen molar-refractivity contribution in [2.45, 2.75) is 55.0 Å². The molecule has 160 valence electrons. The van der Waals surface area contributed by atoms with Gasteiger partial charge in [-0.3, -0.25) is 14.5 Å². The van der Waals surface area contributed by atoms with Gasteiger partial charge < -0.3 is 9.73 Å². The quantitative estimate of drug-likeness (QED) is 0.662. The first-order valence-electron chi connectivity index (χ1n) is 9.90. The summed E-state index contributed by atoms with van der Waals surface area (Å²) in [5, 5.41) is 11.1. The minimum absolute atomic E-state index is 0.191. The van der Waals surface area contributed by atoms with Crippen LogP contribution < -0.4 is 5.32 Å². The zero-order chi connectivity index (χ0) is 21.4. The van der Waals surface area contributed by atoms with Crippen LogP contribution in [0.3, 0.4) is 0 Å². The lowest BCUT2D eigenvalue weighted by atomic mass is 9.82. The van der Waals surface area contributed by atoms with E-state index in [1.807, 2.05) is 18.2 Å². The molecule has 1 aromatic carbocycles. The fraction of sp³-hybridized carbons (Fsp3) is 0.450. The van der Waals surface area contributed by atoms with E-state index in [0.717, 1.165) is 0 Å². The fourth-order valence-corrected chi connectivity index (χ4v) is 4.45. The minimum Gasteiger partial charge on any atom is -0.424 e. The summed E-state index contributed by atoms with van der Waals surface area (Å²) >= 11 is 0. The fourth-order valence-electron chi connectivity index (χ4n) is 4.45. The van der Waals surface area contributed by atoms with Gasteiger partial charge in [0.2, 0.25) is 11.8 Å². The Bertz CT molecular complexity index is 1200. The topological polar surface area (TPSA) is 103 Å². The summed E-state index contributed by atoms with van der Waals surface area (Å²) in [5.41, 5.74) is 0.770. The summed E-state index contributed by atoms with van der Waals surface area (Å²) in [4.78, 5) is 21.3. The van der Waals surface area contributed by atoms with Gasteiger partial charge in [0.15, 0.2) is 0 Å². The molecule has 11 heteroatoms. The molecule has 8 nitrogen and oxygen atoms in total. The number of ether oxygens (including phenoxy) is 1. The number of nitrogens with zero attached hydrogens (tertiary/aromatic N) is 4. The zero-order valence-corrected chi connectivity index (χ0v) is 16.0. The molecule has 1 N–H and O–H groups in total. The number of hydrogen-bond acceptors (Lipinski definition) is 7. The molecule has 0 aliphatic heterocycles. The number of fused-ring (bicyclic) bond motifs is 2. The monoisotopic (exact) mass is 431 g/mol. The van der Waals surface area contributed by atoms with Crippen LogP contribution in [0.5, 0.6) is 0 Å². The van der Waals surface area contributed by atoms with Crippen molar-refractivity contribution in [2.75, 3.05) is 0 Å². The van der Waals surface area contributed by atoms with Crippen molar-refractivity contribution < 1.29 is 27.1 Å². The molecule has 0 bridgehead atoms. The van der Waals surface area contributed by atoms with Crippen LogP contribution in [0.2, 0.25) is 0 Å². The molecule has 2 aromatic heterocycles. The van der Waals surface area contributed by atoms with E-state index in [1.165, 1.54) is 6.20 Å². The van der Waals surface area contributed by atoms with Crippen LogP contribution >= 0.6 is 0 Å². The van der Waals surface area contributed by atoms with E-state index in [1.54, 1.807) is 6.07 Å². The van der Waals surface area contributed by atoms with Crippen LogP contribution in [-0.4, -0.2) is 44.1 Å². The van der Waals surface area contributed by atoms with Gasteiger partial charge in [0.25, 0.3) is 5.91 Å². The number of rotatable bonds is 5. The Morgan fingerprint density at radius 3 is 2.65 bits per heavy atom. The van der Waals surface area contributed by atoms with Gasteiger partial charge in [-0.15, -0.1) is 23.4 Å². The Labute approximate surface area is 173 Å². The second-order valence-corrected chi connectivity index (χ2v) is 8.52. The Balaban J connectivity index is 1.10. The molecule has 2 heterocycles. The number of amides is 1. The third kappa shape index (κ3) is 2.98. The number of carbonyl (C=O) groups excluding carboxylic acids is 1. The molecule has 3 aliphatic carbocycles. The number of para-hydroxylation sites is 2. The van der Waals surface area contributed by atoms with E-state index < -0.39 is 18.0 Å². The van der Waals surface area contributed by atoms with E-state index in [-0.39, 0.29) is 35.8 Å². The predicted octanol–water partition coefficient (Wildman–Crippen LogP) is 3.01. The van der Waals surface area contributed by atoms with Crippen LogP contribution in [0.4, 0.5) is 13.2 Å². The SMILES string of the molecule is O=C(NC12CC1(c1nnc(C3CC(OC(F)(F)F)C3)o1)C2)c1cnc2ccccc2n1. The highest BCUT2D eigenvalue weighted by atomic mass is 19.4. The van der Waals surface area contributed by atoms with Gasteiger partial charge in [-0.1, -0.05) is 12.1 Å². The second-order valence-electron chi connectivity index (χ2n) is 8.52. The van der Waals surface area contributed by atoms with Crippen molar-refractivity contribution >= 4 is 16.9 Å². The predicted molar refractivity (Wildman–Crippen MR) is 97.8 cm³/mol. The number of nitrogens with one attached hydrogen (secondary N) is 1. The molecule has 3 aromatic rings. The third-order valence-electron chi connectivity index (χ3n) is 6.50. The lowest BCUT2D eigenvalue weighted by Crippen LogP contribution is -2.34. The Hall–Kier alpha value is -3.08. The highest BCUT2D eigenvalue weighted by molar-refractivity contribution is 5.95. The van der Waals surface area contributed by atoms with Crippen molar-refractivity contribution in [1.29, 1.82) is 0 Å². The van der Waals surface area contributed by atoms with Gasteiger partial charge in [0, 0.05) is 5.92 Å². The van der Waals surface area contributed by atoms with E-state index >= 15 is 0 Å². The molecule has 0 atom stereocenters. The number of alkyl halides is 3. The van der Waals surface area contributed by atoms with E-state index in [0.29, 0.717) is 35.7 Å². The first kappa shape index (κ1) is 18.7. The van der Waals surface area contributed by atoms with Crippen molar-refractivity contribution in [3.8, 4) is 0 Å². The Morgan fingerprint density at radius 1 is 1.16 bits per heavy atom. The Kier molecular flexibility index (Phi) is 3.61. The third-order valence-corrected chi connectivity index (χ3v) is 6.50. The number of hydrogen-bond donors (Lipinski definition) is 1. The number of aromatic nitrogens is 4. The zero-order valence-electron chi connectivity index (χ0n) is 16.0. The highest BCUT2D eigenvalue weighted by Gasteiger charge is 2.88. The van der Waals surface area contributed by atoms with Gasteiger partial charge in [0.05, 0.1) is 34.3 Å². The number of benzene rings is 1. The molecular weight excluding hydrogens is 415 g/mol. The van der Waals surface area contributed by atoms with Gasteiger partial charge in [-0.2, -0.15) is 0 Å². The first-order chi connectivity index (χ1) is 14.8. The molecule has 3 saturated carbocycles. The van der Waals surface area contributed by atoms with Crippen LogP contribution in [0.25, 0.3) is 11.0 Å². The molecule has 0 unspecified atom stereocenters. The molecule has 0 saturated heterocycles. The lowest BCUT2D eigenvalue weighted by Gasteiger charge is -2.32. The summed E-state index contributed by atoms with van der Waals surface area (Å²) in [6.45, 7) is 0. The van der Waals surface area contributed by atoms with Crippen molar-refractivity contribution in [3.63, 3.8) is 0 Å². The summed E-state index contributed by atoms with van der Waals surface area (Å²) in [6, 6.07) is 7.30. The van der Waals surface area contributed by atoms with Crippen LogP contribution in [0.15, 0.2) is 34.9 Å². The summed E-state index contributed by atoms with van der Waals surface area (Å²) in [6.07, 6.45) is -2.32. The van der Waals surface area contributed by atoms with Crippen LogP contribution in [0, 0.1) is 0 Å². The smallest absolute Gasteiger partial charge is 0.424 e. The summed E-state index contributed by atoms with van der Waals surface area (Å²) < 4.78 is 46.5. The van der Waals surface area contributed by atoms with Crippen molar-refractivity contribution in [2.24, 2.45) is 0 Å². The maximum atomic E-state index is 12.7.